The Balaban J connectivity index is 1.78. The third-order valence-electron chi connectivity index (χ3n) is 4.82. The topological polar surface area (TPSA) is 41.6 Å². The van der Waals surface area contributed by atoms with Crippen LogP contribution in [-0.2, 0) is 9.53 Å². The molecule has 2 aliphatic heterocycles. The van der Waals surface area contributed by atoms with Gasteiger partial charge in [0.05, 0.1) is 23.6 Å². The van der Waals surface area contributed by atoms with E-state index in [1.165, 1.54) is 6.07 Å². The first kappa shape index (κ1) is 16.7. The Kier molecular flexibility index (Phi) is 5.19. The SMILES string of the molecule is CCN1CC[C@H](NC(=O)[C@H]2CCOC2)[C@@H]1c1ccc(Cl)c(F)c1. The molecule has 0 radical (unpaired) electrons. The molecular weight excluding hydrogens is 319 g/mol. The van der Waals surface area contributed by atoms with Gasteiger partial charge in [-0.25, -0.2) is 4.39 Å². The normalized spacial score (nSPS) is 28.2. The average Bonchev–Trinajstić information content (AvgIpc) is 3.19. The number of nitrogens with zero attached hydrogens (tertiary/aromatic N) is 1. The van der Waals surface area contributed by atoms with Gasteiger partial charge in [0.15, 0.2) is 0 Å². The van der Waals surface area contributed by atoms with Crippen LogP contribution >= 0.6 is 11.6 Å². The predicted octanol–water partition coefficient (Wildman–Crippen LogP) is 2.77. The highest BCUT2D eigenvalue weighted by molar-refractivity contribution is 6.30. The van der Waals surface area contributed by atoms with Gasteiger partial charge >= 0.3 is 0 Å². The van der Waals surface area contributed by atoms with Gasteiger partial charge in [0, 0.05) is 19.2 Å². The fraction of sp³-hybridized carbons (Fsp3) is 0.588. The summed E-state index contributed by atoms with van der Waals surface area (Å²) in [5, 5.41) is 3.28. The van der Waals surface area contributed by atoms with E-state index < -0.39 is 5.82 Å². The van der Waals surface area contributed by atoms with Crippen molar-refractivity contribution in [1.82, 2.24) is 10.2 Å². The lowest BCUT2D eigenvalue weighted by atomic mass is 9.98. The molecule has 1 aromatic rings. The first-order valence-electron chi connectivity index (χ1n) is 8.17. The number of ether oxygens (including phenoxy) is 1. The van der Waals surface area contributed by atoms with Gasteiger partial charge in [0.1, 0.15) is 5.82 Å². The van der Waals surface area contributed by atoms with Crippen LogP contribution in [0.15, 0.2) is 18.2 Å². The Bertz CT molecular complexity index is 578. The quantitative estimate of drug-likeness (QED) is 0.916. The summed E-state index contributed by atoms with van der Waals surface area (Å²) in [6.07, 6.45) is 1.64. The molecule has 0 spiro atoms. The molecule has 2 heterocycles. The van der Waals surface area contributed by atoms with Gasteiger partial charge in [-0.3, -0.25) is 9.69 Å². The first-order chi connectivity index (χ1) is 11.1. The van der Waals surface area contributed by atoms with Crippen LogP contribution in [0, 0.1) is 11.7 Å². The Morgan fingerprint density at radius 3 is 2.96 bits per heavy atom. The highest BCUT2D eigenvalue weighted by atomic mass is 35.5. The van der Waals surface area contributed by atoms with Gasteiger partial charge in [-0.05, 0) is 37.1 Å². The van der Waals surface area contributed by atoms with Crippen molar-refractivity contribution >= 4 is 17.5 Å². The molecule has 126 valence electrons. The Hall–Kier alpha value is -1.17. The molecule has 2 aliphatic rings. The zero-order valence-electron chi connectivity index (χ0n) is 13.2. The molecule has 3 rings (SSSR count). The second-order valence-electron chi connectivity index (χ2n) is 6.21. The molecule has 2 saturated heterocycles. The number of hydrogen-bond acceptors (Lipinski definition) is 3. The summed E-state index contributed by atoms with van der Waals surface area (Å²) in [4.78, 5) is 14.7. The molecule has 1 N–H and O–H groups in total. The Labute approximate surface area is 140 Å². The molecule has 2 fully saturated rings. The van der Waals surface area contributed by atoms with E-state index in [9.17, 15) is 9.18 Å². The summed E-state index contributed by atoms with van der Waals surface area (Å²) in [6, 6.07) is 4.89. The zero-order chi connectivity index (χ0) is 16.4. The van der Waals surface area contributed by atoms with E-state index in [2.05, 4.69) is 17.1 Å². The third kappa shape index (κ3) is 3.52. The lowest BCUT2D eigenvalue weighted by Crippen LogP contribution is -2.42. The lowest BCUT2D eigenvalue weighted by molar-refractivity contribution is -0.125. The number of carbonyl (C=O) groups excluding carboxylic acids is 1. The summed E-state index contributed by atoms with van der Waals surface area (Å²) in [5.41, 5.74) is 0.860. The maximum Gasteiger partial charge on any atom is 0.225 e. The van der Waals surface area contributed by atoms with E-state index in [0.717, 1.165) is 31.5 Å². The molecule has 3 atom stereocenters. The van der Waals surface area contributed by atoms with Crippen molar-refractivity contribution in [3.8, 4) is 0 Å². The highest BCUT2D eigenvalue weighted by Gasteiger charge is 2.37. The number of carbonyl (C=O) groups is 1. The number of rotatable bonds is 4. The molecule has 23 heavy (non-hydrogen) atoms. The second-order valence-corrected chi connectivity index (χ2v) is 6.62. The highest BCUT2D eigenvalue weighted by Crippen LogP contribution is 2.34. The van der Waals surface area contributed by atoms with E-state index >= 15 is 0 Å². The third-order valence-corrected chi connectivity index (χ3v) is 5.13. The predicted molar refractivity (Wildman–Crippen MR) is 86.9 cm³/mol. The molecular formula is C17H22ClFN2O2. The molecule has 4 nitrogen and oxygen atoms in total. The van der Waals surface area contributed by atoms with Crippen LogP contribution in [0.2, 0.25) is 5.02 Å². The first-order valence-corrected chi connectivity index (χ1v) is 8.55. The summed E-state index contributed by atoms with van der Waals surface area (Å²) in [5.74, 6) is -0.431. The number of likely N-dealkylation sites (tertiary alicyclic amines) is 1. The molecule has 0 bridgehead atoms. The fourth-order valence-corrected chi connectivity index (χ4v) is 3.66. The number of hydrogen-bond donors (Lipinski definition) is 1. The number of benzene rings is 1. The lowest BCUT2D eigenvalue weighted by Gasteiger charge is -2.29. The molecule has 1 amide bonds. The van der Waals surface area contributed by atoms with Crippen molar-refractivity contribution in [3.63, 3.8) is 0 Å². The van der Waals surface area contributed by atoms with Gasteiger partial charge in [-0.15, -0.1) is 0 Å². The minimum absolute atomic E-state index is 0.0105. The minimum atomic E-state index is -0.415. The number of halogens is 2. The van der Waals surface area contributed by atoms with Crippen LogP contribution in [0.4, 0.5) is 4.39 Å². The molecule has 0 unspecified atom stereocenters. The molecule has 0 saturated carbocycles. The summed E-state index contributed by atoms with van der Waals surface area (Å²) < 4.78 is 19.1. The van der Waals surface area contributed by atoms with Crippen molar-refractivity contribution in [2.75, 3.05) is 26.3 Å². The van der Waals surface area contributed by atoms with Crippen molar-refractivity contribution in [3.05, 3.63) is 34.6 Å². The average molecular weight is 341 g/mol. The van der Waals surface area contributed by atoms with Crippen LogP contribution in [0.3, 0.4) is 0 Å². The summed E-state index contributed by atoms with van der Waals surface area (Å²) in [6.45, 7) is 4.96. The number of amides is 1. The van der Waals surface area contributed by atoms with E-state index in [1.54, 1.807) is 6.07 Å². The van der Waals surface area contributed by atoms with Crippen LogP contribution in [0.1, 0.15) is 31.4 Å². The van der Waals surface area contributed by atoms with Crippen molar-refractivity contribution in [1.29, 1.82) is 0 Å². The van der Waals surface area contributed by atoms with Crippen molar-refractivity contribution in [2.24, 2.45) is 5.92 Å². The zero-order valence-corrected chi connectivity index (χ0v) is 14.0. The minimum Gasteiger partial charge on any atom is -0.381 e. The standard InChI is InChI=1S/C17H22ClFN2O2/c1-2-21-7-5-15(20-17(22)12-6-8-23-10-12)16(21)11-3-4-13(18)14(19)9-11/h3-4,9,12,15-16H,2,5-8,10H2,1H3,(H,20,22)/t12-,15-,16-/m0/s1. The van der Waals surface area contributed by atoms with Crippen LogP contribution < -0.4 is 5.32 Å². The maximum absolute atomic E-state index is 13.8. The molecule has 0 aromatic heterocycles. The summed E-state index contributed by atoms with van der Waals surface area (Å²) in [7, 11) is 0. The van der Waals surface area contributed by atoms with Crippen LogP contribution in [-0.4, -0.2) is 43.2 Å². The Morgan fingerprint density at radius 1 is 1.48 bits per heavy atom. The van der Waals surface area contributed by atoms with E-state index in [0.29, 0.717) is 13.2 Å². The van der Waals surface area contributed by atoms with Gasteiger partial charge in [-0.1, -0.05) is 24.6 Å². The molecule has 0 aliphatic carbocycles. The number of likely N-dealkylation sites (N-methyl/N-ethyl adjacent to an activating group) is 1. The largest absolute Gasteiger partial charge is 0.381 e. The maximum atomic E-state index is 13.8. The van der Waals surface area contributed by atoms with E-state index in [-0.39, 0.29) is 28.9 Å². The van der Waals surface area contributed by atoms with Gasteiger partial charge in [0.2, 0.25) is 5.91 Å². The van der Waals surface area contributed by atoms with Crippen molar-refractivity contribution < 1.29 is 13.9 Å². The van der Waals surface area contributed by atoms with Crippen LogP contribution in [0.5, 0.6) is 0 Å². The summed E-state index contributed by atoms with van der Waals surface area (Å²) >= 11 is 5.79. The fourth-order valence-electron chi connectivity index (χ4n) is 3.54. The van der Waals surface area contributed by atoms with Gasteiger partial charge < -0.3 is 10.1 Å². The molecule has 1 aromatic carbocycles. The monoisotopic (exact) mass is 340 g/mol. The Morgan fingerprint density at radius 2 is 2.30 bits per heavy atom. The second kappa shape index (κ2) is 7.16. The van der Waals surface area contributed by atoms with Crippen LogP contribution in [0.25, 0.3) is 0 Å². The van der Waals surface area contributed by atoms with Gasteiger partial charge in [0.25, 0.3) is 0 Å². The van der Waals surface area contributed by atoms with E-state index in [4.69, 9.17) is 16.3 Å². The smallest absolute Gasteiger partial charge is 0.225 e. The molecule has 6 heteroatoms. The van der Waals surface area contributed by atoms with Crippen molar-refractivity contribution in [2.45, 2.75) is 31.8 Å². The number of nitrogens with one attached hydrogen (secondary N) is 1. The van der Waals surface area contributed by atoms with Gasteiger partial charge in [-0.2, -0.15) is 0 Å². The van der Waals surface area contributed by atoms with E-state index in [1.807, 2.05) is 6.07 Å².